The topological polar surface area (TPSA) is 72.9 Å². The number of carbonyl (C=O) groups is 1. The fraction of sp³-hybridized carbons (Fsp3) is 0.562. The van der Waals surface area contributed by atoms with Gasteiger partial charge in [0.15, 0.2) is 0 Å². The lowest BCUT2D eigenvalue weighted by molar-refractivity contribution is -0.153. The molecule has 1 aromatic rings. The Balaban J connectivity index is 2.40. The maximum Gasteiger partial charge on any atom is 0.327 e. The molecule has 2 rings (SSSR count). The predicted octanol–water partition coefficient (Wildman–Crippen LogP) is 2.19. The van der Waals surface area contributed by atoms with Crippen LogP contribution in [0.1, 0.15) is 32.1 Å². The second-order valence-corrected chi connectivity index (χ2v) is 7.70. The predicted molar refractivity (Wildman–Crippen MR) is 85.8 cm³/mol. The summed E-state index contributed by atoms with van der Waals surface area (Å²) in [6.45, 7) is 0. The van der Waals surface area contributed by atoms with Crippen LogP contribution in [-0.4, -0.2) is 45.5 Å². The molecule has 0 aromatic heterocycles. The van der Waals surface area contributed by atoms with E-state index in [4.69, 9.17) is 9.47 Å². The van der Waals surface area contributed by atoms with Crippen LogP contribution in [0.25, 0.3) is 0 Å². The van der Waals surface area contributed by atoms with Crippen molar-refractivity contribution in [3.8, 4) is 5.75 Å². The number of sulfonamides is 1. The number of ether oxygens (including phenoxy) is 2. The summed E-state index contributed by atoms with van der Waals surface area (Å²) in [6, 6.07) is 6.15. The van der Waals surface area contributed by atoms with E-state index in [1.807, 2.05) is 0 Å². The Morgan fingerprint density at radius 3 is 2.13 bits per heavy atom. The minimum absolute atomic E-state index is 0.134. The molecule has 7 heteroatoms. The molecule has 1 aliphatic rings. The Morgan fingerprint density at radius 2 is 1.65 bits per heavy atom. The average Bonchev–Trinajstić information content (AvgIpc) is 2.60. The van der Waals surface area contributed by atoms with Crippen LogP contribution in [0.2, 0.25) is 0 Å². The second-order valence-electron chi connectivity index (χ2n) is 5.73. The zero-order valence-corrected chi connectivity index (χ0v) is 14.6. The molecule has 0 radical (unpaired) electrons. The smallest absolute Gasteiger partial charge is 0.327 e. The zero-order chi connectivity index (χ0) is 17.1. The van der Waals surface area contributed by atoms with E-state index in [1.54, 1.807) is 12.1 Å². The minimum Gasteiger partial charge on any atom is -0.497 e. The first-order valence-corrected chi connectivity index (χ1v) is 9.04. The fourth-order valence-electron chi connectivity index (χ4n) is 3.11. The van der Waals surface area contributed by atoms with E-state index in [0.29, 0.717) is 18.6 Å². The van der Waals surface area contributed by atoms with E-state index in [-0.39, 0.29) is 4.90 Å². The number of benzene rings is 1. The number of methoxy groups -OCH3 is 2. The molecule has 0 saturated heterocycles. The largest absolute Gasteiger partial charge is 0.497 e. The van der Waals surface area contributed by atoms with Gasteiger partial charge >= 0.3 is 5.97 Å². The fourth-order valence-corrected chi connectivity index (χ4v) is 4.62. The molecule has 1 saturated carbocycles. The van der Waals surface area contributed by atoms with Crippen LogP contribution < -0.4 is 4.74 Å². The van der Waals surface area contributed by atoms with Crippen molar-refractivity contribution in [3.05, 3.63) is 24.3 Å². The van der Waals surface area contributed by atoms with Crippen LogP contribution in [-0.2, 0) is 19.6 Å². The van der Waals surface area contributed by atoms with Crippen molar-refractivity contribution in [2.75, 3.05) is 21.3 Å². The summed E-state index contributed by atoms with van der Waals surface area (Å²) in [5.41, 5.74) is -1.12. The normalized spacial score (nSPS) is 17.7. The molecule has 1 fully saturated rings. The van der Waals surface area contributed by atoms with Gasteiger partial charge in [0.05, 0.1) is 19.1 Å². The van der Waals surface area contributed by atoms with Crippen molar-refractivity contribution >= 4 is 16.0 Å². The molecule has 23 heavy (non-hydrogen) atoms. The SMILES string of the molecule is COC(=O)C1(N(C)S(=O)(=O)c2ccc(OC)cc2)CCCCC1. The van der Waals surface area contributed by atoms with Crippen molar-refractivity contribution in [1.82, 2.24) is 4.31 Å². The molecule has 6 nitrogen and oxygen atoms in total. The molecule has 0 N–H and O–H groups in total. The van der Waals surface area contributed by atoms with E-state index in [2.05, 4.69) is 0 Å². The first kappa shape index (κ1) is 17.7. The van der Waals surface area contributed by atoms with Gasteiger partial charge in [-0.25, -0.2) is 8.42 Å². The average molecular weight is 341 g/mol. The van der Waals surface area contributed by atoms with Crippen LogP contribution in [0.4, 0.5) is 0 Å². The van der Waals surface area contributed by atoms with Crippen LogP contribution >= 0.6 is 0 Å². The third-order valence-corrected chi connectivity index (χ3v) is 6.51. The van der Waals surface area contributed by atoms with Gasteiger partial charge < -0.3 is 9.47 Å². The number of carbonyl (C=O) groups excluding carboxylic acids is 1. The van der Waals surface area contributed by atoms with Crippen LogP contribution in [0.3, 0.4) is 0 Å². The molecule has 0 aliphatic heterocycles. The second kappa shape index (κ2) is 6.88. The van der Waals surface area contributed by atoms with Gasteiger partial charge in [0.25, 0.3) is 0 Å². The first-order valence-electron chi connectivity index (χ1n) is 7.60. The van der Waals surface area contributed by atoms with Crippen molar-refractivity contribution in [3.63, 3.8) is 0 Å². The van der Waals surface area contributed by atoms with Gasteiger partial charge in [-0.1, -0.05) is 19.3 Å². The maximum atomic E-state index is 12.9. The van der Waals surface area contributed by atoms with Crippen LogP contribution in [0.5, 0.6) is 5.75 Å². The molecule has 0 heterocycles. The minimum atomic E-state index is -3.80. The maximum absolute atomic E-state index is 12.9. The highest BCUT2D eigenvalue weighted by Crippen LogP contribution is 2.37. The van der Waals surface area contributed by atoms with Gasteiger partial charge in [0.2, 0.25) is 10.0 Å². The van der Waals surface area contributed by atoms with E-state index >= 15 is 0 Å². The summed E-state index contributed by atoms with van der Waals surface area (Å²) in [5, 5.41) is 0. The number of hydrogen-bond donors (Lipinski definition) is 0. The van der Waals surface area contributed by atoms with E-state index in [1.165, 1.54) is 37.7 Å². The van der Waals surface area contributed by atoms with E-state index < -0.39 is 21.5 Å². The highest BCUT2D eigenvalue weighted by Gasteiger charge is 2.49. The van der Waals surface area contributed by atoms with Gasteiger partial charge in [-0.15, -0.1) is 0 Å². The molecule has 0 unspecified atom stereocenters. The summed E-state index contributed by atoms with van der Waals surface area (Å²) in [4.78, 5) is 12.5. The Bertz CT molecular complexity index is 648. The van der Waals surface area contributed by atoms with E-state index in [9.17, 15) is 13.2 Å². The summed E-state index contributed by atoms with van der Waals surface area (Å²) < 4.78 is 37.0. The van der Waals surface area contributed by atoms with Crippen LogP contribution in [0.15, 0.2) is 29.2 Å². The molecular formula is C16H23NO5S. The van der Waals surface area contributed by atoms with Crippen molar-refractivity contribution in [2.45, 2.75) is 42.5 Å². The number of likely N-dealkylation sites (N-methyl/N-ethyl adjacent to an activating group) is 1. The molecule has 128 valence electrons. The van der Waals surface area contributed by atoms with Gasteiger partial charge in [0.1, 0.15) is 11.3 Å². The lowest BCUT2D eigenvalue weighted by Crippen LogP contribution is -2.56. The highest BCUT2D eigenvalue weighted by atomic mass is 32.2. The number of nitrogens with zero attached hydrogens (tertiary/aromatic N) is 1. The quantitative estimate of drug-likeness (QED) is 0.768. The highest BCUT2D eigenvalue weighted by molar-refractivity contribution is 7.89. The standard InChI is InChI=1S/C16H23NO5S/c1-17(16(15(18)22-3)11-5-4-6-12-16)23(19,20)14-9-7-13(21-2)8-10-14/h7-10H,4-6,11-12H2,1-3H3. The summed E-state index contributed by atoms with van der Waals surface area (Å²) in [5.74, 6) is 0.0868. The summed E-state index contributed by atoms with van der Waals surface area (Å²) >= 11 is 0. The van der Waals surface area contributed by atoms with Gasteiger partial charge in [-0.05, 0) is 37.1 Å². The lowest BCUT2D eigenvalue weighted by atomic mass is 9.82. The third kappa shape index (κ3) is 3.21. The van der Waals surface area contributed by atoms with E-state index in [0.717, 1.165) is 19.3 Å². The molecular weight excluding hydrogens is 318 g/mol. The Kier molecular flexibility index (Phi) is 5.31. The molecule has 1 aliphatic carbocycles. The number of rotatable bonds is 5. The Morgan fingerprint density at radius 1 is 1.09 bits per heavy atom. The van der Waals surface area contributed by atoms with Crippen molar-refractivity contribution in [2.24, 2.45) is 0 Å². The Hall–Kier alpha value is -1.60. The molecule has 0 atom stereocenters. The molecule has 0 spiro atoms. The van der Waals surface area contributed by atoms with Gasteiger partial charge in [-0.3, -0.25) is 4.79 Å². The van der Waals surface area contributed by atoms with Crippen molar-refractivity contribution < 1.29 is 22.7 Å². The molecule has 0 amide bonds. The number of esters is 1. The first-order chi connectivity index (χ1) is 10.9. The zero-order valence-electron chi connectivity index (χ0n) is 13.7. The van der Waals surface area contributed by atoms with Crippen molar-refractivity contribution in [1.29, 1.82) is 0 Å². The Labute approximate surface area is 137 Å². The lowest BCUT2D eigenvalue weighted by Gasteiger charge is -2.40. The van der Waals surface area contributed by atoms with Gasteiger partial charge in [-0.2, -0.15) is 4.31 Å². The monoisotopic (exact) mass is 341 g/mol. The van der Waals surface area contributed by atoms with Gasteiger partial charge in [0, 0.05) is 7.05 Å². The summed E-state index contributed by atoms with van der Waals surface area (Å²) in [7, 11) is 0.476. The molecule has 0 bridgehead atoms. The summed E-state index contributed by atoms with van der Waals surface area (Å²) in [6.07, 6.45) is 3.56. The molecule has 1 aromatic carbocycles. The third-order valence-electron chi connectivity index (χ3n) is 4.57. The van der Waals surface area contributed by atoms with Crippen LogP contribution in [0, 0.1) is 0 Å². The number of hydrogen-bond acceptors (Lipinski definition) is 5.